The minimum atomic E-state index is -1.17. The van der Waals surface area contributed by atoms with Crippen molar-refractivity contribution in [2.75, 3.05) is 0 Å². The van der Waals surface area contributed by atoms with E-state index in [2.05, 4.69) is 5.32 Å². The maximum absolute atomic E-state index is 11.8. The first-order valence-corrected chi connectivity index (χ1v) is 7.58. The van der Waals surface area contributed by atoms with Crippen molar-refractivity contribution < 1.29 is 23.8 Å². The summed E-state index contributed by atoms with van der Waals surface area (Å²) in [6.45, 7) is 5.93. The van der Waals surface area contributed by atoms with Crippen LogP contribution in [0.4, 0.5) is 4.79 Å². The van der Waals surface area contributed by atoms with Crippen LogP contribution in [-0.4, -0.2) is 17.2 Å². The molecule has 1 heterocycles. The van der Waals surface area contributed by atoms with Crippen LogP contribution in [0.1, 0.15) is 48.2 Å². The standard InChI is InChI=1S/C18H21NO5/c1-18(2,3)14-9-13(15(24-14)16(20)21)10-19-17(22)23-11-12-7-5-4-6-8-12/h4-9H,10-11H2,1-3H3,(H,19,22)(H,20,21). The second kappa shape index (κ2) is 7.21. The van der Waals surface area contributed by atoms with Crippen molar-refractivity contribution in [1.82, 2.24) is 5.32 Å². The molecule has 6 nitrogen and oxygen atoms in total. The van der Waals surface area contributed by atoms with Crippen LogP contribution in [0.25, 0.3) is 0 Å². The number of rotatable bonds is 5. The number of amides is 1. The fourth-order valence-corrected chi connectivity index (χ4v) is 2.05. The molecule has 2 rings (SSSR count). The quantitative estimate of drug-likeness (QED) is 0.872. The Labute approximate surface area is 140 Å². The number of aromatic carboxylic acids is 1. The van der Waals surface area contributed by atoms with Crippen LogP contribution >= 0.6 is 0 Å². The number of hydrogen-bond acceptors (Lipinski definition) is 4. The van der Waals surface area contributed by atoms with Crippen molar-refractivity contribution in [2.24, 2.45) is 0 Å². The molecule has 0 aliphatic heterocycles. The highest BCUT2D eigenvalue weighted by Crippen LogP contribution is 2.27. The second-order valence-electron chi connectivity index (χ2n) is 6.44. The molecule has 0 unspecified atom stereocenters. The third kappa shape index (κ3) is 4.62. The van der Waals surface area contributed by atoms with E-state index in [1.54, 1.807) is 6.07 Å². The van der Waals surface area contributed by atoms with Crippen molar-refractivity contribution >= 4 is 12.1 Å². The molecule has 1 aromatic carbocycles. The first-order valence-electron chi connectivity index (χ1n) is 7.58. The van der Waals surface area contributed by atoms with Gasteiger partial charge < -0.3 is 19.6 Å². The van der Waals surface area contributed by atoms with Crippen molar-refractivity contribution in [1.29, 1.82) is 0 Å². The summed E-state index contributed by atoms with van der Waals surface area (Å²) in [6, 6.07) is 10.9. The average molecular weight is 331 g/mol. The van der Waals surface area contributed by atoms with Crippen molar-refractivity contribution in [3.05, 3.63) is 59.0 Å². The lowest BCUT2D eigenvalue weighted by Crippen LogP contribution is -2.24. The zero-order valence-electron chi connectivity index (χ0n) is 14.0. The number of furan rings is 1. The Morgan fingerprint density at radius 3 is 2.46 bits per heavy atom. The van der Waals surface area contributed by atoms with E-state index in [0.717, 1.165) is 5.56 Å². The molecule has 0 saturated heterocycles. The predicted molar refractivity (Wildman–Crippen MR) is 87.8 cm³/mol. The van der Waals surface area contributed by atoms with Crippen LogP contribution in [-0.2, 0) is 23.3 Å². The van der Waals surface area contributed by atoms with E-state index in [9.17, 15) is 14.7 Å². The molecule has 0 radical (unpaired) electrons. The van der Waals surface area contributed by atoms with E-state index in [4.69, 9.17) is 9.15 Å². The third-order valence-electron chi connectivity index (χ3n) is 3.38. The molecule has 1 amide bonds. The van der Waals surface area contributed by atoms with Gasteiger partial charge in [0.25, 0.3) is 0 Å². The molecule has 0 aliphatic rings. The summed E-state index contributed by atoms with van der Waals surface area (Å²) in [5, 5.41) is 11.8. The minimum absolute atomic E-state index is 0.0227. The predicted octanol–water partition coefficient (Wildman–Crippen LogP) is 3.70. The Balaban J connectivity index is 1.97. The van der Waals surface area contributed by atoms with Gasteiger partial charge in [0.1, 0.15) is 12.4 Å². The molecule has 0 saturated carbocycles. The Morgan fingerprint density at radius 2 is 1.88 bits per heavy atom. The lowest BCUT2D eigenvalue weighted by Gasteiger charge is -2.13. The number of carbonyl (C=O) groups excluding carboxylic acids is 1. The molecule has 6 heteroatoms. The maximum atomic E-state index is 11.8. The molecule has 128 valence electrons. The molecule has 1 aromatic heterocycles. The fourth-order valence-electron chi connectivity index (χ4n) is 2.05. The van der Waals surface area contributed by atoms with Gasteiger partial charge in [0.15, 0.2) is 0 Å². The zero-order valence-corrected chi connectivity index (χ0v) is 14.0. The van der Waals surface area contributed by atoms with E-state index in [1.807, 2.05) is 51.1 Å². The number of carboxylic acid groups (broad SMARTS) is 1. The zero-order chi connectivity index (χ0) is 17.7. The molecule has 2 N–H and O–H groups in total. The van der Waals surface area contributed by atoms with Gasteiger partial charge in [0.05, 0.1) is 6.54 Å². The molecule has 2 aromatic rings. The largest absolute Gasteiger partial charge is 0.475 e. The number of nitrogens with one attached hydrogen (secondary N) is 1. The van der Waals surface area contributed by atoms with Crippen LogP contribution < -0.4 is 5.32 Å². The number of alkyl carbamates (subject to hydrolysis) is 1. The summed E-state index contributed by atoms with van der Waals surface area (Å²) in [6.07, 6.45) is -0.617. The Hall–Kier alpha value is -2.76. The van der Waals surface area contributed by atoms with Crippen LogP contribution in [0.15, 0.2) is 40.8 Å². The lowest BCUT2D eigenvalue weighted by atomic mass is 9.93. The topological polar surface area (TPSA) is 88.8 Å². The Bertz CT molecular complexity index is 713. The highest BCUT2D eigenvalue weighted by atomic mass is 16.5. The SMILES string of the molecule is CC(C)(C)c1cc(CNC(=O)OCc2ccccc2)c(C(=O)O)o1. The summed E-state index contributed by atoms with van der Waals surface area (Å²) in [7, 11) is 0. The van der Waals surface area contributed by atoms with Crippen LogP contribution in [0.3, 0.4) is 0 Å². The van der Waals surface area contributed by atoms with Crippen LogP contribution in [0.2, 0.25) is 0 Å². The minimum Gasteiger partial charge on any atom is -0.475 e. The normalized spacial score (nSPS) is 11.1. The molecule has 0 aliphatic carbocycles. The molecule has 0 bridgehead atoms. The molecular weight excluding hydrogens is 310 g/mol. The molecule has 0 atom stereocenters. The molecule has 24 heavy (non-hydrogen) atoms. The van der Waals surface area contributed by atoms with Crippen molar-refractivity contribution in [2.45, 2.75) is 39.3 Å². The molecule has 0 fully saturated rings. The van der Waals surface area contributed by atoms with Crippen molar-refractivity contribution in [3.63, 3.8) is 0 Å². The van der Waals surface area contributed by atoms with Gasteiger partial charge in [-0.2, -0.15) is 0 Å². The summed E-state index contributed by atoms with van der Waals surface area (Å²) < 4.78 is 10.5. The van der Waals surface area contributed by atoms with E-state index in [1.165, 1.54) is 0 Å². The highest BCUT2D eigenvalue weighted by Gasteiger charge is 2.24. The van der Waals surface area contributed by atoms with Crippen molar-refractivity contribution in [3.8, 4) is 0 Å². The van der Waals surface area contributed by atoms with Gasteiger partial charge in [-0.15, -0.1) is 0 Å². The Morgan fingerprint density at radius 1 is 1.21 bits per heavy atom. The first-order chi connectivity index (χ1) is 11.3. The van der Waals surface area contributed by atoms with Gasteiger partial charge in [-0.25, -0.2) is 9.59 Å². The number of ether oxygens (including phenoxy) is 1. The van der Waals surface area contributed by atoms with Gasteiger partial charge in [0.2, 0.25) is 5.76 Å². The highest BCUT2D eigenvalue weighted by molar-refractivity contribution is 5.86. The second-order valence-corrected chi connectivity index (χ2v) is 6.44. The number of benzene rings is 1. The maximum Gasteiger partial charge on any atom is 0.407 e. The number of carbonyl (C=O) groups is 2. The van der Waals surface area contributed by atoms with E-state index in [0.29, 0.717) is 11.3 Å². The number of hydrogen-bond donors (Lipinski definition) is 2. The van der Waals surface area contributed by atoms with Gasteiger partial charge >= 0.3 is 12.1 Å². The van der Waals surface area contributed by atoms with Gasteiger partial charge in [-0.05, 0) is 11.6 Å². The summed E-state index contributed by atoms with van der Waals surface area (Å²) in [5.74, 6) is -0.780. The fraction of sp³-hybridized carbons (Fsp3) is 0.333. The monoisotopic (exact) mass is 331 g/mol. The van der Waals surface area contributed by atoms with E-state index >= 15 is 0 Å². The Kier molecular flexibility index (Phi) is 5.28. The lowest BCUT2D eigenvalue weighted by molar-refractivity contribution is 0.0656. The van der Waals surface area contributed by atoms with Gasteiger partial charge in [0, 0.05) is 11.0 Å². The number of carboxylic acids is 1. The van der Waals surface area contributed by atoms with Gasteiger partial charge in [-0.3, -0.25) is 0 Å². The molecule has 0 spiro atoms. The average Bonchev–Trinajstić information content (AvgIpc) is 2.96. The van der Waals surface area contributed by atoms with E-state index < -0.39 is 12.1 Å². The smallest absolute Gasteiger partial charge is 0.407 e. The van der Waals surface area contributed by atoms with Crippen LogP contribution in [0, 0.1) is 0 Å². The van der Waals surface area contributed by atoms with Crippen LogP contribution in [0.5, 0.6) is 0 Å². The summed E-state index contributed by atoms with van der Waals surface area (Å²) >= 11 is 0. The summed E-state index contributed by atoms with van der Waals surface area (Å²) in [5.41, 5.74) is 0.956. The summed E-state index contributed by atoms with van der Waals surface area (Å²) in [4.78, 5) is 23.0. The van der Waals surface area contributed by atoms with E-state index in [-0.39, 0.29) is 24.3 Å². The van der Waals surface area contributed by atoms with Gasteiger partial charge in [-0.1, -0.05) is 51.1 Å². The first kappa shape index (κ1) is 17.6. The third-order valence-corrected chi connectivity index (χ3v) is 3.38. The molecular formula is C18H21NO5.